The number of nitro groups is 2. The molecule has 0 bridgehead atoms. The molecule has 10 nitrogen and oxygen atoms in total. The van der Waals surface area contributed by atoms with Crippen LogP contribution in [0.1, 0.15) is 5.56 Å². The van der Waals surface area contributed by atoms with Crippen LogP contribution in [0.4, 0.5) is 28.7 Å². The molecular weight excluding hydrogens is 388 g/mol. The average Bonchev–Trinajstić information content (AvgIpc) is 2.67. The van der Waals surface area contributed by atoms with Crippen LogP contribution in [0.2, 0.25) is 5.02 Å². The number of rotatable bonds is 7. The Hall–Kier alpha value is -3.79. The van der Waals surface area contributed by atoms with E-state index in [2.05, 4.69) is 20.6 Å². The van der Waals surface area contributed by atoms with Crippen molar-refractivity contribution in [3.63, 3.8) is 0 Å². The highest BCUT2D eigenvalue weighted by molar-refractivity contribution is 6.31. The Balaban J connectivity index is 1.89. The van der Waals surface area contributed by atoms with E-state index >= 15 is 0 Å². The van der Waals surface area contributed by atoms with Crippen molar-refractivity contribution in [2.45, 2.75) is 6.54 Å². The molecule has 0 aliphatic heterocycles. The number of non-ortho nitro benzene ring substituents is 1. The molecule has 0 unspecified atom stereocenters. The van der Waals surface area contributed by atoms with Crippen molar-refractivity contribution in [1.29, 1.82) is 0 Å². The first-order valence-corrected chi connectivity index (χ1v) is 8.31. The van der Waals surface area contributed by atoms with Gasteiger partial charge in [0.2, 0.25) is 11.6 Å². The van der Waals surface area contributed by atoms with Gasteiger partial charge >= 0.3 is 5.69 Å². The summed E-state index contributed by atoms with van der Waals surface area (Å²) < 4.78 is 0. The number of halogens is 1. The molecule has 0 amide bonds. The molecule has 0 aliphatic rings. The van der Waals surface area contributed by atoms with Crippen LogP contribution in [0.15, 0.2) is 54.9 Å². The third kappa shape index (κ3) is 4.30. The summed E-state index contributed by atoms with van der Waals surface area (Å²) in [6.45, 7) is 0.216. The predicted octanol–water partition coefficient (Wildman–Crippen LogP) is 4.30. The number of anilines is 3. The molecule has 0 fully saturated rings. The van der Waals surface area contributed by atoms with Gasteiger partial charge in [0.1, 0.15) is 6.33 Å². The smallest absolute Gasteiger partial charge is 0.353 e. The maximum absolute atomic E-state index is 11.6. The molecule has 11 heteroatoms. The highest BCUT2D eigenvalue weighted by Crippen LogP contribution is 2.32. The largest absolute Gasteiger partial charge is 0.360 e. The molecule has 28 heavy (non-hydrogen) atoms. The molecule has 0 saturated carbocycles. The van der Waals surface area contributed by atoms with Crippen molar-refractivity contribution in [1.82, 2.24) is 9.97 Å². The van der Waals surface area contributed by atoms with Gasteiger partial charge < -0.3 is 10.6 Å². The van der Waals surface area contributed by atoms with Crippen LogP contribution in [0.5, 0.6) is 0 Å². The van der Waals surface area contributed by atoms with E-state index in [0.717, 1.165) is 11.9 Å². The van der Waals surface area contributed by atoms with Crippen LogP contribution < -0.4 is 10.6 Å². The molecular formula is C17H13ClN6O4. The first-order valence-electron chi connectivity index (χ1n) is 7.94. The number of hydrogen-bond acceptors (Lipinski definition) is 8. The van der Waals surface area contributed by atoms with Gasteiger partial charge in [0.15, 0.2) is 0 Å². The van der Waals surface area contributed by atoms with Gasteiger partial charge in [-0.25, -0.2) is 9.97 Å². The monoisotopic (exact) mass is 400 g/mol. The minimum absolute atomic E-state index is 0.00662. The van der Waals surface area contributed by atoms with Crippen LogP contribution in [0.25, 0.3) is 0 Å². The van der Waals surface area contributed by atoms with E-state index in [1.807, 2.05) is 0 Å². The fourth-order valence-electron chi connectivity index (χ4n) is 2.43. The minimum atomic E-state index is -0.630. The standard InChI is InChI=1S/C17H13ClN6O4/c18-14-7-2-1-4-11(14)9-19-16-15(24(27)28)17(21-10-20-16)22-12-5-3-6-13(8-12)23(25)26/h1-8,10H,9H2,(H2,19,20,21,22). The Bertz CT molecular complexity index is 1050. The summed E-state index contributed by atoms with van der Waals surface area (Å²) in [6, 6.07) is 12.6. The number of hydrogen-bond donors (Lipinski definition) is 2. The Morgan fingerprint density at radius 1 is 0.964 bits per heavy atom. The third-order valence-corrected chi connectivity index (χ3v) is 4.10. The maximum Gasteiger partial charge on any atom is 0.353 e. The van der Waals surface area contributed by atoms with Crippen molar-refractivity contribution < 1.29 is 9.85 Å². The molecule has 0 saturated heterocycles. The van der Waals surface area contributed by atoms with Crippen LogP contribution in [-0.4, -0.2) is 19.8 Å². The summed E-state index contributed by atoms with van der Waals surface area (Å²) in [5.74, 6) is -0.102. The lowest BCUT2D eigenvalue weighted by atomic mass is 10.2. The van der Waals surface area contributed by atoms with Crippen LogP contribution in [-0.2, 0) is 6.54 Å². The first-order chi connectivity index (χ1) is 13.5. The molecule has 3 rings (SSSR count). The lowest BCUT2D eigenvalue weighted by molar-refractivity contribution is -0.384. The quantitative estimate of drug-likeness (QED) is 0.442. The van der Waals surface area contributed by atoms with E-state index in [1.54, 1.807) is 24.3 Å². The number of nitro benzene ring substituents is 1. The second-order valence-electron chi connectivity index (χ2n) is 5.55. The molecule has 1 heterocycles. The maximum atomic E-state index is 11.6. The molecule has 0 radical (unpaired) electrons. The normalized spacial score (nSPS) is 10.3. The average molecular weight is 401 g/mol. The fraction of sp³-hybridized carbons (Fsp3) is 0.0588. The Morgan fingerprint density at radius 3 is 2.43 bits per heavy atom. The van der Waals surface area contributed by atoms with Gasteiger partial charge in [-0.3, -0.25) is 20.2 Å². The molecule has 0 atom stereocenters. The van der Waals surface area contributed by atoms with E-state index in [9.17, 15) is 20.2 Å². The molecule has 1 aromatic heterocycles. The van der Waals surface area contributed by atoms with E-state index in [0.29, 0.717) is 5.02 Å². The van der Waals surface area contributed by atoms with Crippen molar-refractivity contribution in [2.24, 2.45) is 0 Å². The zero-order valence-corrected chi connectivity index (χ0v) is 15.0. The van der Waals surface area contributed by atoms with Crippen LogP contribution >= 0.6 is 11.6 Å². The Labute approximate surface area is 163 Å². The topological polar surface area (TPSA) is 136 Å². The lowest BCUT2D eigenvalue weighted by Crippen LogP contribution is -2.08. The van der Waals surface area contributed by atoms with E-state index in [4.69, 9.17) is 11.6 Å². The van der Waals surface area contributed by atoms with Gasteiger partial charge in [-0.15, -0.1) is 0 Å². The molecule has 0 spiro atoms. The Morgan fingerprint density at radius 2 is 1.71 bits per heavy atom. The highest BCUT2D eigenvalue weighted by atomic mass is 35.5. The van der Waals surface area contributed by atoms with Crippen LogP contribution in [0.3, 0.4) is 0 Å². The summed E-state index contributed by atoms with van der Waals surface area (Å²) >= 11 is 6.10. The van der Waals surface area contributed by atoms with E-state index in [1.165, 1.54) is 24.3 Å². The van der Waals surface area contributed by atoms with Gasteiger partial charge in [-0.2, -0.15) is 0 Å². The van der Waals surface area contributed by atoms with Crippen molar-refractivity contribution in [3.8, 4) is 0 Å². The summed E-state index contributed by atoms with van der Waals surface area (Å²) in [4.78, 5) is 29.2. The number of benzene rings is 2. The highest BCUT2D eigenvalue weighted by Gasteiger charge is 2.23. The number of aromatic nitrogens is 2. The van der Waals surface area contributed by atoms with E-state index in [-0.39, 0.29) is 35.2 Å². The van der Waals surface area contributed by atoms with Crippen molar-refractivity contribution in [3.05, 3.63) is 85.7 Å². The molecule has 142 valence electrons. The van der Waals surface area contributed by atoms with Gasteiger partial charge in [0.05, 0.1) is 9.85 Å². The van der Waals surface area contributed by atoms with Crippen LogP contribution in [0, 0.1) is 20.2 Å². The zero-order valence-electron chi connectivity index (χ0n) is 14.2. The second-order valence-corrected chi connectivity index (χ2v) is 5.96. The van der Waals surface area contributed by atoms with Gasteiger partial charge in [0, 0.05) is 29.4 Å². The van der Waals surface area contributed by atoms with Gasteiger partial charge in [0.25, 0.3) is 5.69 Å². The summed E-state index contributed by atoms with van der Waals surface area (Å²) in [6.07, 6.45) is 1.15. The third-order valence-electron chi connectivity index (χ3n) is 3.73. The van der Waals surface area contributed by atoms with Gasteiger partial charge in [-0.05, 0) is 17.7 Å². The minimum Gasteiger partial charge on any atom is -0.360 e. The summed E-state index contributed by atoms with van der Waals surface area (Å²) in [5, 5.41) is 28.6. The Kier molecular flexibility index (Phi) is 5.61. The molecule has 2 N–H and O–H groups in total. The van der Waals surface area contributed by atoms with Crippen molar-refractivity contribution >= 4 is 40.3 Å². The second kappa shape index (κ2) is 8.27. The number of nitrogens with one attached hydrogen (secondary N) is 2. The zero-order chi connectivity index (χ0) is 20.1. The molecule has 3 aromatic rings. The first kappa shape index (κ1) is 19.0. The molecule has 2 aromatic carbocycles. The fourth-order valence-corrected chi connectivity index (χ4v) is 2.63. The molecule has 0 aliphatic carbocycles. The number of nitrogens with zero attached hydrogens (tertiary/aromatic N) is 4. The summed E-state index contributed by atoms with van der Waals surface area (Å²) in [7, 11) is 0. The predicted molar refractivity (Wildman–Crippen MR) is 104 cm³/mol. The van der Waals surface area contributed by atoms with E-state index < -0.39 is 9.85 Å². The lowest BCUT2D eigenvalue weighted by Gasteiger charge is -2.10. The van der Waals surface area contributed by atoms with Crippen molar-refractivity contribution in [2.75, 3.05) is 10.6 Å². The van der Waals surface area contributed by atoms with Gasteiger partial charge in [-0.1, -0.05) is 35.9 Å². The SMILES string of the molecule is O=[N+]([O-])c1cccc(Nc2ncnc(NCc3ccccc3Cl)c2[N+](=O)[O-])c1. The summed E-state index contributed by atoms with van der Waals surface area (Å²) in [5.41, 5.74) is 0.484.